The Morgan fingerprint density at radius 2 is 1.76 bits per heavy atom. The fraction of sp³-hybridized carbons (Fsp3) is 0.125. The normalized spacial score (nSPS) is 12.9. The van der Waals surface area contributed by atoms with Crippen molar-refractivity contribution in [2.45, 2.75) is 18.9 Å². The van der Waals surface area contributed by atoms with E-state index in [1.165, 1.54) is 12.1 Å². The van der Waals surface area contributed by atoms with Crippen LogP contribution in [0.25, 0.3) is 11.5 Å². The number of rotatable bonds is 6. The molecule has 8 nitrogen and oxygen atoms in total. The van der Waals surface area contributed by atoms with E-state index in [1.807, 2.05) is 4.57 Å². The first-order chi connectivity index (χ1) is 16.1. The number of nitrogens with zero attached hydrogens (tertiary/aromatic N) is 4. The van der Waals surface area contributed by atoms with Crippen molar-refractivity contribution in [3.63, 3.8) is 0 Å². The molecule has 2 aromatic heterocycles. The van der Waals surface area contributed by atoms with Crippen LogP contribution in [0.2, 0.25) is 0 Å². The Kier molecular flexibility index (Phi) is 5.35. The summed E-state index contributed by atoms with van der Waals surface area (Å²) in [7, 11) is 0. The molecule has 0 aliphatic heterocycles. The van der Waals surface area contributed by atoms with Gasteiger partial charge in [-0.1, -0.05) is 24.3 Å². The van der Waals surface area contributed by atoms with Crippen LogP contribution < -0.4 is 10.6 Å². The molecule has 0 saturated heterocycles. The minimum absolute atomic E-state index is 0.214. The zero-order valence-corrected chi connectivity index (χ0v) is 17.4. The molecular formula is C24H19FN6O2. The summed E-state index contributed by atoms with van der Waals surface area (Å²) in [5, 5.41) is 13.4. The lowest BCUT2D eigenvalue weighted by atomic mass is 10.1. The minimum atomic E-state index is -0.713. The van der Waals surface area contributed by atoms with Gasteiger partial charge in [-0.05, 0) is 55.3 Å². The van der Waals surface area contributed by atoms with Gasteiger partial charge in [0, 0.05) is 17.3 Å². The molecule has 2 N–H and O–H groups in total. The van der Waals surface area contributed by atoms with Crippen LogP contribution in [-0.4, -0.2) is 31.6 Å². The maximum Gasteiger partial charge on any atom is 0.259 e. The number of benzene rings is 2. The predicted octanol–water partition coefficient (Wildman–Crippen LogP) is 4.32. The van der Waals surface area contributed by atoms with E-state index >= 15 is 0 Å². The van der Waals surface area contributed by atoms with Crippen molar-refractivity contribution in [1.29, 1.82) is 0 Å². The second-order valence-electron chi connectivity index (χ2n) is 7.67. The molecule has 1 saturated carbocycles. The van der Waals surface area contributed by atoms with E-state index in [4.69, 9.17) is 0 Å². The van der Waals surface area contributed by atoms with Gasteiger partial charge >= 0.3 is 0 Å². The van der Waals surface area contributed by atoms with Crippen molar-refractivity contribution in [2.75, 3.05) is 10.6 Å². The fourth-order valence-corrected chi connectivity index (χ4v) is 3.43. The number of anilines is 2. The van der Waals surface area contributed by atoms with Gasteiger partial charge < -0.3 is 15.2 Å². The van der Waals surface area contributed by atoms with E-state index in [0.29, 0.717) is 28.8 Å². The molecule has 0 spiro atoms. The number of carbonyl (C=O) groups is 2. The van der Waals surface area contributed by atoms with Crippen molar-refractivity contribution in [2.24, 2.45) is 0 Å². The average molecular weight is 442 g/mol. The smallest absolute Gasteiger partial charge is 0.259 e. The Bertz CT molecular complexity index is 1330. The average Bonchev–Trinajstić information content (AvgIpc) is 3.56. The molecule has 1 aliphatic carbocycles. The van der Waals surface area contributed by atoms with E-state index in [-0.39, 0.29) is 17.3 Å². The van der Waals surface area contributed by atoms with Crippen molar-refractivity contribution >= 4 is 23.3 Å². The first-order valence-corrected chi connectivity index (χ1v) is 10.4. The lowest BCUT2D eigenvalue weighted by Crippen LogP contribution is -2.17. The quantitative estimate of drug-likeness (QED) is 0.463. The summed E-state index contributed by atoms with van der Waals surface area (Å²) in [4.78, 5) is 29.6. The number of hydrogen-bond acceptors (Lipinski definition) is 5. The van der Waals surface area contributed by atoms with Crippen LogP contribution in [0.15, 0.2) is 73.1 Å². The topological polar surface area (TPSA) is 102 Å². The van der Waals surface area contributed by atoms with Gasteiger partial charge in [0.2, 0.25) is 0 Å². The van der Waals surface area contributed by atoms with Crippen molar-refractivity contribution in [3.05, 3.63) is 90.0 Å². The molecule has 33 heavy (non-hydrogen) atoms. The lowest BCUT2D eigenvalue weighted by Gasteiger charge is -2.10. The highest BCUT2D eigenvalue weighted by Crippen LogP contribution is 2.37. The van der Waals surface area contributed by atoms with Crippen molar-refractivity contribution < 1.29 is 14.0 Å². The Labute approximate surface area is 188 Å². The van der Waals surface area contributed by atoms with Crippen LogP contribution >= 0.6 is 0 Å². The van der Waals surface area contributed by atoms with Crippen molar-refractivity contribution in [1.82, 2.24) is 19.7 Å². The molecule has 0 unspecified atom stereocenters. The largest absolute Gasteiger partial charge is 0.322 e. The van der Waals surface area contributed by atoms with Gasteiger partial charge in [-0.3, -0.25) is 9.59 Å². The van der Waals surface area contributed by atoms with Crippen molar-refractivity contribution in [3.8, 4) is 11.5 Å². The Balaban J connectivity index is 1.34. The zero-order chi connectivity index (χ0) is 22.8. The summed E-state index contributed by atoms with van der Waals surface area (Å²) < 4.78 is 16.4. The van der Waals surface area contributed by atoms with E-state index in [9.17, 15) is 14.0 Å². The van der Waals surface area contributed by atoms with Gasteiger partial charge in [-0.15, -0.1) is 10.2 Å². The van der Waals surface area contributed by atoms with Crippen LogP contribution in [0.3, 0.4) is 0 Å². The molecular weight excluding hydrogens is 423 g/mol. The summed E-state index contributed by atoms with van der Waals surface area (Å²) in [5.74, 6) is -0.888. The second-order valence-corrected chi connectivity index (χ2v) is 7.67. The Hall–Kier alpha value is -4.40. The summed E-state index contributed by atoms with van der Waals surface area (Å²) in [5.41, 5.74) is 1.10. The minimum Gasteiger partial charge on any atom is -0.322 e. The summed E-state index contributed by atoms with van der Waals surface area (Å²) in [6, 6.07) is 17.9. The molecule has 1 fully saturated rings. The molecule has 164 valence electrons. The number of halogens is 1. The van der Waals surface area contributed by atoms with E-state index < -0.39 is 11.7 Å². The Morgan fingerprint density at radius 3 is 2.55 bits per heavy atom. The lowest BCUT2D eigenvalue weighted by molar-refractivity contribution is 0.101. The van der Waals surface area contributed by atoms with Crippen LogP contribution in [-0.2, 0) is 0 Å². The molecule has 5 rings (SSSR count). The number of nitrogens with one attached hydrogen (secondary N) is 2. The number of carbonyl (C=O) groups excluding carboxylic acids is 2. The molecule has 0 radical (unpaired) electrons. The van der Waals surface area contributed by atoms with Gasteiger partial charge in [0.25, 0.3) is 11.8 Å². The maximum absolute atomic E-state index is 14.4. The Morgan fingerprint density at radius 1 is 0.939 bits per heavy atom. The highest BCUT2D eigenvalue weighted by molar-refractivity contribution is 6.07. The SMILES string of the molecule is O=C(Nc1ccc(F)c(C(=O)Nc2cccc(-c3nncn3C3CC3)n2)c1)c1ccccc1. The number of aromatic nitrogens is 4. The second kappa shape index (κ2) is 8.62. The first-order valence-electron chi connectivity index (χ1n) is 10.4. The third-order valence-corrected chi connectivity index (χ3v) is 5.24. The van der Waals surface area contributed by atoms with Gasteiger partial charge in [0.1, 0.15) is 23.7 Å². The molecule has 1 aliphatic rings. The number of pyridine rings is 1. The summed E-state index contributed by atoms with van der Waals surface area (Å²) >= 11 is 0. The van der Waals surface area contributed by atoms with Crippen LogP contribution in [0.4, 0.5) is 15.9 Å². The molecule has 9 heteroatoms. The maximum atomic E-state index is 14.4. The first kappa shape index (κ1) is 20.5. The van der Waals surface area contributed by atoms with E-state index in [0.717, 1.165) is 18.9 Å². The van der Waals surface area contributed by atoms with Crippen LogP contribution in [0.5, 0.6) is 0 Å². The molecule has 0 atom stereocenters. The third-order valence-electron chi connectivity index (χ3n) is 5.24. The molecule has 0 bridgehead atoms. The molecule has 4 aromatic rings. The van der Waals surface area contributed by atoms with Gasteiger partial charge in [-0.25, -0.2) is 9.37 Å². The highest BCUT2D eigenvalue weighted by atomic mass is 19.1. The predicted molar refractivity (Wildman–Crippen MR) is 120 cm³/mol. The monoisotopic (exact) mass is 442 g/mol. The highest BCUT2D eigenvalue weighted by Gasteiger charge is 2.27. The number of hydrogen-bond donors (Lipinski definition) is 2. The van der Waals surface area contributed by atoms with Crippen LogP contribution in [0.1, 0.15) is 39.6 Å². The molecule has 2 aromatic carbocycles. The van der Waals surface area contributed by atoms with Gasteiger partial charge in [0.05, 0.1) is 5.56 Å². The van der Waals surface area contributed by atoms with Gasteiger partial charge in [-0.2, -0.15) is 0 Å². The molecule has 2 heterocycles. The summed E-state index contributed by atoms with van der Waals surface area (Å²) in [6.07, 6.45) is 3.81. The third kappa shape index (κ3) is 4.47. The fourth-order valence-electron chi connectivity index (χ4n) is 3.43. The standard InChI is InChI=1S/C24H19FN6O2/c25-19-12-9-16(27-23(32)15-5-2-1-3-6-15)13-18(19)24(33)29-21-8-4-7-20(28-21)22-30-26-14-31(22)17-10-11-17/h1-9,12-14,17H,10-11H2,(H,27,32)(H,28,29,33). The van der Waals surface area contributed by atoms with E-state index in [1.54, 1.807) is 54.9 Å². The van der Waals surface area contributed by atoms with E-state index in [2.05, 4.69) is 25.8 Å². The zero-order valence-electron chi connectivity index (χ0n) is 17.4. The van der Waals surface area contributed by atoms with Gasteiger partial charge in [0.15, 0.2) is 5.82 Å². The molecule has 2 amide bonds. The summed E-state index contributed by atoms with van der Waals surface area (Å²) in [6.45, 7) is 0. The number of amides is 2. The van der Waals surface area contributed by atoms with Crippen LogP contribution in [0, 0.1) is 5.82 Å².